The summed E-state index contributed by atoms with van der Waals surface area (Å²) in [6.07, 6.45) is 39.7. The molecular weight excluding hydrogens is 776 g/mol. The molecule has 2 rings (SSSR count). The number of carboxylic acids is 2. The molecule has 329 valence electrons. The van der Waals surface area contributed by atoms with Crippen molar-refractivity contribution in [3.05, 3.63) is 60.7 Å². The zero-order chi connectivity index (χ0) is 41.0. The van der Waals surface area contributed by atoms with Crippen LogP contribution in [0.4, 0.5) is 11.4 Å². The van der Waals surface area contributed by atoms with E-state index in [-0.39, 0.29) is 29.9 Å². The van der Waals surface area contributed by atoms with E-state index in [1.807, 2.05) is 60.7 Å². The molecule has 6 nitrogen and oxygen atoms in total. The van der Waals surface area contributed by atoms with Crippen molar-refractivity contribution in [1.29, 1.82) is 0 Å². The van der Waals surface area contributed by atoms with Crippen molar-refractivity contribution in [2.45, 2.75) is 219 Å². The molecule has 0 aliphatic rings. The minimum atomic E-state index is -0.903. The Hall–Kier alpha value is -2.41. The fraction of sp³-hybridized carbons (Fsp3) is 0.694. The zero-order valence-electron chi connectivity index (χ0n) is 36.2. The molecule has 0 aromatic heterocycles. The Morgan fingerprint density at radius 2 is 0.614 bits per heavy atom. The van der Waals surface area contributed by atoms with E-state index >= 15 is 0 Å². The second kappa shape index (κ2) is 46.3. The fourth-order valence-corrected chi connectivity index (χ4v) is 6.85. The monoisotopic (exact) mass is 858 g/mol. The Morgan fingerprint density at radius 1 is 0.404 bits per heavy atom. The van der Waals surface area contributed by atoms with Gasteiger partial charge in [0.1, 0.15) is 0 Å². The predicted molar refractivity (Wildman–Crippen MR) is 242 cm³/mol. The number of aliphatic carboxylic acids is 2. The summed E-state index contributed by atoms with van der Waals surface area (Å²) >= 11 is 5.20. The first-order valence-corrected chi connectivity index (χ1v) is 23.4. The molecule has 0 aliphatic heterocycles. The van der Waals surface area contributed by atoms with Crippen molar-refractivity contribution >= 4 is 40.6 Å². The van der Waals surface area contributed by atoms with Gasteiger partial charge in [0.2, 0.25) is 0 Å². The average molecular weight is 859 g/mol. The standard InChI is InChI=1S/2C18H36O2.C13H12N2S.Cu/c2*1-2-3-4-5-6-7-8-9-10-11-12-13-14-15-16-17-18(19)20;16-13(14-11-7-3-1-4-8-11)15-12-9-5-2-6-10-12;/h2*2-17H2,1H3,(H,19,20);1-10H,(H2,14,15,16);/q;;;+2/p-2. The fourth-order valence-electron chi connectivity index (χ4n) is 6.62. The number of thiocarbonyl (C=S) groups is 1. The van der Waals surface area contributed by atoms with E-state index < -0.39 is 11.9 Å². The zero-order valence-corrected chi connectivity index (χ0v) is 38.0. The minimum Gasteiger partial charge on any atom is -0.550 e. The number of anilines is 2. The Balaban J connectivity index is 0. The summed E-state index contributed by atoms with van der Waals surface area (Å²) in [7, 11) is 0. The van der Waals surface area contributed by atoms with Crippen molar-refractivity contribution in [3.63, 3.8) is 0 Å². The maximum Gasteiger partial charge on any atom is 2.00 e. The molecule has 57 heavy (non-hydrogen) atoms. The summed E-state index contributed by atoms with van der Waals surface area (Å²) in [5.74, 6) is -1.81. The van der Waals surface area contributed by atoms with Gasteiger partial charge in [0.25, 0.3) is 0 Å². The molecule has 0 bridgehead atoms. The Bertz CT molecular complexity index is 1050. The number of hydrogen-bond donors (Lipinski definition) is 2. The van der Waals surface area contributed by atoms with Crippen LogP contribution < -0.4 is 20.8 Å². The van der Waals surface area contributed by atoms with Crippen LogP contribution >= 0.6 is 12.2 Å². The van der Waals surface area contributed by atoms with Gasteiger partial charge < -0.3 is 30.4 Å². The summed E-state index contributed by atoms with van der Waals surface area (Å²) in [5, 5.41) is 27.3. The summed E-state index contributed by atoms with van der Waals surface area (Å²) in [6, 6.07) is 19.7. The van der Waals surface area contributed by atoms with E-state index in [1.54, 1.807) is 0 Å². The van der Waals surface area contributed by atoms with Crippen molar-refractivity contribution in [2.75, 3.05) is 10.6 Å². The van der Waals surface area contributed by atoms with Gasteiger partial charge in [-0.2, -0.15) is 0 Å². The maximum atomic E-state index is 10.2. The van der Waals surface area contributed by atoms with E-state index in [2.05, 4.69) is 24.5 Å². The van der Waals surface area contributed by atoms with Crippen LogP contribution in [0.15, 0.2) is 60.7 Å². The normalized spacial score (nSPS) is 10.3. The Kier molecular flexibility index (Phi) is 46.0. The Labute approximate surface area is 366 Å². The molecule has 2 N–H and O–H groups in total. The van der Waals surface area contributed by atoms with E-state index in [4.69, 9.17) is 12.2 Å². The smallest absolute Gasteiger partial charge is 0.550 e. The Morgan fingerprint density at radius 3 is 0.825 bits per heavy atom. The molecule has 0 atom stereocenters. The van der Waals surface area contributed by atoms with Crippen molar-refractivity contribution in [3.8, 4) is 0 Å². The summed E-state index contributed by atoms with van der Waals surface area (Å²) < 4.78 is 0. The van der Waals surface area contributed by atoms with E-state index in [0.29, 0.717) is 5.11 Å². The molecular formula is C49H82CuN2O4S. The molecule has 0 amide bonds. The molecule has 0 saturated heterocycles. The molecule has 0 unspecified atom stereocenters. The number of hydrogen-bond acceptors (Lipinski definition) is 5. The number of carbonyl (C=O) groups excluding carboxylic acids is 2. The molecule has 0 aliphatic carbocycles. The first-order valence-electron chi connectivity index (χ1n) is 23.0. The molecule has 2 aromatic rings. The minimum absolute atomic E-state index is 0. The molecule has 0 heterocycles. The van der Waals surface area contributed by atoms with Crippen LogP contribution in [0.3, 0.4) is 0 Å². The van der Waals surface area contributed by atoms with Gasteiger partial charge in [0.15, 0.2) is 5.11 Å². The van der Waals surface area contributed by atoms with Crippen LogP contribution in [0, 0.1) is 0 Å². The van der Waals surface area contributed by atoms with Gasteiger partial charge in [0.05, 0.1) is 0 Å². The van der Waals surface area contributed by atoms with Crippen molar-refractivity contribution < 1.29 is 36.9 Å². The predicted octanol–water partition coefficient (Wildman–Crippen LogP) is 13.5. The third kappa shape index (κ3) is 46.2. The summed E-state index contributed by atoms with van der Waals surface area (Å²) in [5.41, 5.74) is 1.96. The quantitative estimate of drug-likeness (QED) is 0.0410. The van der Waals surface area contributed by atoms with Gasteiger partial charge >= 0.3 is 17.1 Å². The van der Waals surface area contributed by atoms with Crippen LogP contribution in [0.25, 0.3) is 0 Å². The van der Waals surface area contributed by atoms with Gasteiger partial charge in [-0.15, -0.1) is 0 Å². The van der Waals surface area contributed by atoms with E-state index in [0.717, 1.165) is 37.1 Å². The van der Waals surface area contributed by atoms with Crippen molar-refractivity contribution in [2.24, 2.45) is 0 Å². The number of benzene rings is 2. The second-order valence-corrected chi connectivity index (χ2v) is 15.9. The van der Waals surface area contributed by atoms with Crippen LogP contribution in [-0.4, -0.2) is 17.1 Å². The van der Waals surface area contributed by atoms with Crippen LogP contribution in [0.2, 0.25) is 0 Å². The third-order valence-electron chi connectivity index (χ3n) is 10.0. The maximum absolute atomic E-state index is 10.2. The number of unbranched alkanes of at least 4 members (excludes halogenated alkanes) is 28. The van der Waals surface area contributed by atoms with E-state index in [1.165, 1.54) is 167 Å². The number of carboxylic acid groups (broad SMARTS) is 2. The van der Waals surface area contributed by atoms with Gasteiger partial charge in [-0.25, -0.2) is 0 Å². The molecule has 8 heteroatoms. The first-order chi connectivity index (χ1) is 27.4. The SMILES string of the molecule is CCCCCCCCCCCCCCCCCC(=O)[O-].CCCCCCCCCCCCCCCCCC(=O)[O-].S=C(Nc1ccccc1)Nc1ccccc1.[Cu+2]. The average Bonchev–Trinajstić information content (AvgIpc) is 3.19. The van der Waals surface area contributed by atoms with Crippen LogP contribution in [-0.2, 0) is 26.7 Å². The number of rotatable bonds is 34. The van der Waals surface area contributed by atoms with Crippen LogP contribution in [0.1, 0.15) is 219 Å². The third-order valence-corrected chi connectivity index (χ3v) is 10.2. The molecule has 2 aromatic carbocycles. The van der Waals surface area contributed by atoms with Crippen LogP contribution in [0.5, 0.6) is 0 Å². The van der Waals surface area contributed by atoms with Gasteiger partial charge in [-0.05, 0) is 62.2 Å². The summed E-state index contributed by atoms with van der Waals surface area (Å²) in [6.45, 7) is 4.53. The first kappa shape index (κ1) is 56.7. The number of nitrogens with one attached hydrogen (secondary N) is 2. The molecule has 0 spiro atoms. The van der Waals surface area contributed by atoms with E-state index in [9.17, 15) is 19.8 Å². The topological polar surface area (TPSA) is 104 Å². The van der Waals surface area contributed by atoms with Gasteiger partial charge in [-0.3, -0.25) is 0 Å². The second-order valence-electron chi connectivity index (χ2n) is 15.5. The van der Waals surface area contributed by atoms with Crippen molar-refractivity contribution in [1.82, 2.24) is 0 Å². The van der Waals surface area contributed by atoms with Gasteiger partial charge in [-0.1, -0.05) is 230 Å². The van der Waals surface area contributed by atoms with Gasteiger partial charge in [0, 0.05) is 23.3 Å². The molecule has 0 fully saturated rings. The number of carbonyl (C=O) groups is 2. The molecule has 0 saturated carbocycles. The molecule has 1 radical (unpaired) electrons. The summed E-state index contributed by atoms with van der Waals surface area (Å²) in [4.78, 5) is 20.4. The largest absolute Gasteiger partial charge is 2.00 e. The number of para-hydroxylation sites is 2.